The van der Waals surface area contributed by atoms with E-state index in [2.05, 4.69) is 21.7 Å². The Hall–Kier alpha value is -2.56. The Morgan fingerprint density at radius 3 is 2.64 bits per heavy atom. The van der Waals surface area contributed by atoms with Crippen LogP contribution < -0.4 is 15.4 Å². The first-order valence-electron chi connectivity index (χ1n) is 8.80. The van der Waals surface area contributed by atoms with Gasteiger partial charge in [0.2, 0.25) is 5.91 Å². The molecule has 134 valence electrons. The lowest BCUT2D eigenvalue weighted by molar-refractivity contribution is -0.120. The van der Waals surface area contributed by atoms with Gasteiger partial charge < -0.3 is 15.4 Å². The first kappa shape index (κ1) is 18.8. The number of ether oxygens (including phenoxy) is 1. The van der Waals surface area contributed by atoms with Crippen LogP contribution >= 0.6 is 0 Å². The summed E-state index contributed by atoms with van der Waals surface area (Å²) in [6, 6.07) is 11.8. The molecule has 5 nitrogen and oxygen atoms in total. The number of pyridine rings is 1. The zero-order valence-electron chi connectivity index (χ0n) is 15.2. The molecule has 1 aromatic heterocycles. The van der Waals surface area contributed by atoms with E-state index in [0.29, 0.717) is 0 Å². The molecule has 2 aromatic rings. The van der Waals surface area contributed by atoms with Crippen molar-refractivity contribution in [3.63, 3.8) is 0 Å². The Balaban J connectivity index is 1.82. The van der Waals surface area contributed by atoms with Crippen LogP contribution in [0.25, 0.3) is 0 Å². The third-order valence-electron chi connectivity index (χ3n) is 4.24. The van der Waals surface area contributed by atoms with Gasteiger partial charge in [-0.3, -0.25) is 4.79 Å². The molecule has 0 aliphatic rings. The van der Waals surface area contributed by atoms with Crippen LogP contribution in [0.3, 0.4) is 0 Å². The standard InChI is InChI=1S/C20H27N3O2/c1-4-16(5-2)20(24)23-17-9-10-19(22-14-17)21-12-11-15-7-6-8-18(13-15)25-3/h6-10,13-14,16H,4-5,11-12H2,1-3H3,(H,21,22)(H,23,24). The van der Waals surface area contributed by atoms with Crippen LogP contribution in [0.1, 0.15) is 32.3 Å². The summed E-state index contributed by atoms with van der Waals surface area (Å²) in [5, 5.41) is 6.21. The fraction of sp³-hybridized carbons (Fsp3) is 0.400. The van der Waals surface area contributed by atoms with E-state index in [1.807, 2.05) is 44.2 Å². The number of carbonyl (C=O) groups excluding carboxylic acids is 1. The highest BCUT2D eigenvalue weighted by Gasteiger charge is 2.14. The molecule has 2 N–H and O–H groups in total. The van der Waals surface area contributed by atoms with E-state index in [9.17, 15) is 4.79 Å². The SMILES string of the molecule is CCC(CC)C(=O)Nc1ccc(NCCc2cccc(OC)c2)nc1. The number of nitrogens with zero attached hydrogens (tertiary/aromatic N) is 1. The lowest BCUT2D eigenvalue weighted by Gasteiger charge is -2.13. The summed E-state index contributed by atoms with van der Waals surface area (Å²) in [7, 11) is 1.67. The Bertz CT molecular complexity index is 667. The van der Waals surface area contributed by atoms with Crippen molar-refractivity contribution >= 4 is 17.4 Å². The summed E-state index contributed by atoms with van der Waals surface area (Å²) < 4.78 is 5.23. The van der Waals surface area contributed by atoms with Gasteiger partial charge in [0.15, 0.2) is 0 Å². The minimum Gasteiger partial charge on any atom is -0.497 e. The number of nitrogens with one attached hydrogen (secondary N) is 2. The molecule has 1 aromatic carbocycles. The van der Waals surface area contributed by atoms with Crippen molar-refractivity contribution in [1.29, 1.82) is 0 Å². The highest BCUT2D eigenvalue weighted by atomic mass is 16.5. The number of hydrogen-bond donors (Lipinski definition) is 2. The van der Waals surface area contributed by atoms with Gasteiger partial charge in [0.05, 0.1) is 19.0 Å². The van der Waals surface area contributed by atoms with Crippen LogP contribution in [0.4, 0.5) is 11.5 Å². The Morgan fingerprint density at radius 2 is 2.00 bits per heavy atom. The van der Waals surface area contributed by atoms with E-state index >= 15 is 0 Å². The molecule has 1 heterocycles. The van der Waals surface area contributed by atoms with Gasteiger partial charge in [-0.2, -0.15) is 0 Å². The van der Waals surface area contributed by atoms with Crippen LogP contribution in [0, 0.1) is 5.92 Å². The number of carbonyl (C=O) groups is 1. The monoisotopic (exact) mass is 341 g/mol. The normalized spacial score (nSPS) is 10.6. The number of amides is 1. The summed E-state index contributed by atoms with van der Waals surface area (Å²) in [4.78, 5) is 16.4. The summed E-state index contributed by atoms with van der Waals surface area (Å²) in [5.41, 5.74) is 1.94. The second-order valence-electron chi connectivity index (χ2n) is 5.96. The number of rotatable bonds is 9. The van der Waals surface area contributed by atoms with E-state index in [1.165, 1.54) is 5.56 Å². The highest BCUT2D eigenvalue weighted by Crippen LogP contribution is 2.15. The van der Waals surface area contributed by atoms with E-state index in [4.69, 9.17) is 4.74 Å². The highest BCUT2D eigenvalue weighted by molar-refractivity contribution is 5.92. The third kappa shape index (κ3) is 5.78. The third-order valence-corrected chi connectivity index (χ3v) is 4.24. The van der Waals surface area contributed by atoms with Crippen molar-refractivity contribution in [3.8, 4) is 5.75 Å². The van der Waals surface area contributed by atoms with Gasteiger partial charge in [-0.05, 0) is 49.1 Å². The van der Waals surface area contributed by atoms with Crippen LogP contribution in [-0.2, 0) is 11.2 Å². The fourth-order valence-electron chi connectivity index (χ4n) is 2.64. The Kier molecular flexibility index (Phi) is 7.26. The first-order valence-corrected chi connectivity index (χ1v) is 8.80. The Morgan fingerprint density at radius 1 is 1.20 bits per heavy atom. The molecule has 0 spiro atoms. The smallest absolute Gasteiger partial charge is 0.227 e. The van der Waals surface area contributed by atoms with Gasteiger partial charge in [0.1, 0.15) is 11.6 Å². The zero-order chi connectivity index (χ0) is 18.1. The van der Waals surface area contributed by atoms with Gasteiger partial charge in [0, 0.05) is 12.5 Å². The molecule has 0 aliphatic carbocycles. The molecule has 0 fully saturated rings. The topological polar surface area (TPSA) is 63.2 Å². The van der Waals surface area contributed by atoms with E-state index in [1.54, 1.807) is 13.3 Å². The summed E-state index contributed by atoms with van der Waals surface area (Å²) in [6.07, 6.45) is 4.26. The summed E-state index contributed by atoms with van der Waals surface area (Å²) >= 11 is 0. The lowest BCUT2D eigenvalue weighted by atomic mass is 10.0. The maximum atomic E-state index is 12.1. The van der Waals surface area contributed by atoms with Crippen molar-refractivity contribution in [2.75, 3.05) is 24.3 Å². The quantitative estimate of drug-likeness (QED) is 0.720. The predicted octanol–water partition coefficient (Wildman–Crippen LogP) is 4.12. The molecular weight excluding hydrogens is 314 g/mol. The number of methoxy groups -OCH3 is 1. The summed E-state index contributed by atoms with van der Waals surface area (Å²) in [5.74, 6) is 1.78. The summed E-state index contributed by atoms with van der Waals surface area (Å²) in [6.45, 7) is 4.84. The number of anilines is 2. The van der Waals surface area contributed by atoms with Gasteiger partial charge in [0.25, 0.3) is 0 Å². The van der Waals surface area contributed by atoms with Crippen molar-refractivity contribution in [3.05, 3.63) is 48.2 Å². The van der Waals surface area contributed by atoms with Crippen molar-refractivity contribution < 1.29 is 9.53 Å². The van der Waals surface area contributed by atoms with Crippen LogP contribution in [0.5, 0.6) is 5.75 Å². The number of aromatic nitrogens is 1. The molecule has 0 unspecified atom stereocenters. The number of benzene rings is 1. The molecule has 0 bridgehead atoms. The molecule has 0 saturated heterocycles. The molecule has 2 rings (SSSR count). The average Bonchev–Trinajstić information content (AvgIpc) is 2.64. The van der Waals surface area contributed by atoms with Crippen molar-refractivity contribution in [1.82, 2.24) is 4.98 Å². The van der Waals surface area contributed by atoms with Crippen LogP contribution in [-0.4, -0.2) is 24.5 Å². The van der Waals surface area contributed by atoms with Gasteiger partial charge in [-0.1, -0.05) is 26.0 Å². The van der Waals surface area contributed by atoms with Gasteiger partial charge in [-0.25, -0.2) is 4.98 Å². The maximum Gasteiger partial charge on any atom is 0.227 e. The van der Waals surface area contributed by atoms with Gasteiger partial charge >= 0.3 is 0 Å². The Labute approximate surface area is 149 Å². The van der Waals surface area contributed by atoms with E-state index in [-0.39, 0.29) is 11.8 Å². The molecule has 0 atom stereocenters. The van der Waals surface area contributed by atoms with Crippen molar-refractivity contribution in [2.45, 2.75) is 33.1 Å². The number of hydrogen-bond acceptors (Lipinski definition) is 4. The van der Waals surface area contributed by atoms with Crippen LogP contribution in [0.15, 0.2) is 42.6 Å². The largest absolute Gasteiger partial charge is 0.497 e. The first-order chi connectivity index (χ1) is 12.2. The van der Waals surface area contributed by atoms with E-state index in [0.717, 1.165) is 43.1 Å². The molecule has 1 amide bonds. The molecule has 0 saturated carbocycles. The second-order valence-corrected chi connectivity index (χ2v) is 5.96. The molecule has 0 radical (unpaired) electrons. The van der Waals surface area contributed by atoms with Gasteiger partial charge in [-0.15, -0.1) is 0 Å². The predicted molar refractivity (Wildman–Crippen MR) is 102 cm³/mol. The minimum atomic E-state index is 0.0562. The molecular formula is C20H27N3O2. The fourth-order valence-corrected chi connectivity index (χ4v) is 2.64. The lowest BCUT2D eigenvalue weighted by Crippen LogP contribution is -2.21. The minimum absolute atomic E-state index is 0.0562. The molecule has 5 heteroatoms. The molecule has 0 aliphatic heterocycles. The maximum absolute atomic E-state index is 12.1. The zero-order valence-corrected chi connectivity index (χ0v) is 15.2. The molecule has 25 heavy (non-hydrogen) atoms. The average molecular weight is 341 g/mol. The van der Waals surface area contributed by atoms with E-state index < -0.39 is 0 Å². The second kappa shape index (κ2) is 9.67. The van der Waals surface area contributed by atoms with Crippen molar-refractivity contribution in [2.24, 2.45) is 5.92 Å². The van der Waals surface area contributed by atoms with Crippen LogP contribution in [0.2, 0.25) is 0 Å².